The Morgan fingerprint density at radius 3 is 2.78 bits per heavy atom. The fraction of sp³-hybridized carbons (Fsp3) is 0.500. The number of carbonyl (C=O) groups is 2. The molecule has 1 aliphatic rings. The van der Waals surface area contributed by atoms with Crippen LogP contribution in [-0.4, -0.2) is 68.0 Å². The molecule has 1 aromatic rings. The van der Waals surface area contributed by atoms with Crippen molar-refractivity contribution in [3.8, 4) is 5.75 Å². The van der Waals surface area contributed by atoms with Crippen LogP contribution in [0.5, 0.6) is 5.75 Å². The van der Waals surface area contributed by atoms with Crippen LogP contribution in [0.1, 0.15) is 16.8 Å². The summed E-state index contributed by atoms with van der Waals surface area (Å²) in [5.74, 6) is -0.799. The van der Waals surface area contributed by atoms with Gasteiger partial charge in [0.15, 0.2) is 6.61 Å². The van der Waals surface area contributed by atoms with Crippen molar-refractivity contribution in [3.05, 3.63) is 29.8 Å². The van der Waals surface area contributed by atoms with Crippen LogP contribution in [-0.2, 0) is 14.3 Å². The number of likely N-dealkylation sites (tertiary alicyclic amines) is 1. The minimum atomic E-state index is -1.06. The molecule has 2 rings (SSSR count). The summed E-state index contributed by atoms with van der Waals surface area (Å²) in [6.45, 7) is 1.98. The number of ether oxygens (including phenoxy) is 3. The predicted molar refractivity (Wildman–Crippen MR) is 81.7 cm³/mol. The van der Waals surface area contributed by atoms with Crippen LogP contribution in [0.2, 0.25) is 0 Å². The molecular formula is C16H21NO6. The van der Waals surface area contributed by atoms with E-state index in [1.54, 1.807) is 36.3 Å². The van der Waals surface area contributed by atoms with E-state index in [2.05, 4.69) is 0 Å². The average molecular weight is 323 g/mol. The van der Waals surface area contributed by atoms with Gasteiger partial charge in [0.2, 0.25) is 0 Å². The van der Waals surface area contributed by atoms with E-state index >= 15 is 0 Å². The van der Waals surface area contributed by atoms with Crippen molar-refractivity contribution in [1.82, 2.24) is 4.90 Å². The minimum absolute atomic E-state index is 0.0715. The van der Waals surface area contributed by atoms with E-state index in [-0.39, 0.29) is 12.0 Å². The van der Waals surface area contributed by atoms with Crippen molar-refractivity contribution in [2.24, 2.45) is 0 Å². The highest BCUT2D eigenvalue weighted by molar-refractivity contribution is 5.95. The Labute approximate surface area is 134 Å². The Hall–Kier alpha value is -2.12. The number of hydrogen-bond acceptors (Lipinski definition) is 5. The molecule has 0 bridgehead atoms. The molecule has 0 aromatic heterocycles. The maximum absolute atomic E-state index is 12.3. The van der Waals surface area contributed by atoms with Gasteiger partial charge in [-0.25, -0.2) is 4.79 Å². The Balaban J connectivity index is 1.78. The van der Waals surface area contributed by atoms with E-state index in [0.29, 0.717) is 37.6 Å². The molecule has 7 heteroatoms. The zero-order valence-corrected chi connectivity index (χ0v) is 13.1. The van der Waals surface area contributed by atoms with Crippen LogP contribution in [0.25, 0.3) is 0 Å². The van der Waals surface area contributed by atoms with Crippen molar-refractivity contribution in [3.63, 3.8) is 0 Å². The fourth-order valence-corrected chi connectivity index (χ4v) is 2.21. The van der Waals surface area contributed by atoms with Gasteiger partial charge >= 0.3 is 5.97 Å². The SMILES string of the molecule is COCCCOC1CN(C(=O)c2cccc(OCC(=O)O)c2)C1. The molecule has 0 saturated carbocycles. The molecule has 0 atom stereocenters. The number of nitrogens with zero attached hydrogens (tertiary/aromatic N) is 1. The predicted octanol–water partition coefficient (Wildman–Crippen LogP) is 1.03. The van der Waals surface area contributed by atoms with Gasteiger partial charge in [-0.2, -0.15) is 0 Å². The first-order valence-electron chi connectivity index (χ1n) is 7.44. The number of rotatable bonds is 9. The topological polar surface area (TPSA) is 85.3 Å². The highest BCUT2D eigenvalue weighted by Crippen LogP contribution is 2.19. The van der Waals surface area contributed by atoms with Crippen LogP contribution in [0.3, 0.4) is 0 Å². The lowest BCUT2D eigenvalue weighted by molar-refractivity contribution is -0.139. The standard InChI is InChI=1S/C16H21NO6/c1-21-6-3-7-22-14-9-17(10-14)16(20)12-4-2-5-13(8-12)23-11-15(18)19/h2,4-5,8,14H,3,6-7,9-11H2,1H3,(H,18,19). The van der Waals surface area contributed by atoms with Crippen LogP contribution >= 0.6 is 0 Å². The summed E-state index contributed by atoms with van der Waals surface area (Å²) in [6, 6.07) is 6.53. The molecule has 1 N–H and O–H groups in total. The molecule has 7 nitrogen and oxygen atoms in total. The number of carboxylic acid groups (broad SMARTS) is 1. The number of carbonyl (C=O) groups excluding carboxylic acids is 1. The van der Waals surface area contributed by atoms with E-state index in [1.807, 2.05) is 0 Å². The molecule has 0 spiro atoms. The zero-order chi connectivity index (χ0) is 16.7. The average Bonchev–Trinajstić information content (AvgIpc) is 2.51. The van der Waals surface area contributed by atoms with E-state index in [1.165, 1.54) is 0 Å². The summed E-state index contributed by atoms with van der Waals surface area (Å²) in [6.07, 6.45) is 0.909. The van der Waals surface area contributed by atoms with Gasteiger partial charge in [-0.3, -0.25) is 4.79 Å². The molecule has 1 amide bonds. The Morgan fingerprint density at radius 2 is 2.09 bits per heavy atom. The third kappa shape index (κ3) is 5.22. The third-order valence-corrected chi connectivity index (χ3v) is 3.42. The summed E-state index contributed by atoms with van der Waals surface area (Å²) >= 11 is 0. The number of carboxylic acids is 1. The van der Waals surface area contributed by atoms with Gasteiger partial charge in [0, 0.05) is 39.0 Å². The highest BCUT2D eigenvalue weighted by Gasteiger charge is 2.31. The third-order valence-electron chi connectivity index (χ3n) is 3.42. The molecule has 1 fully saturated rings. The number of hydrogen-bond donors (Lipinski definition) is 1. The molecule has 1 saturated heterocycles. The molecule has 126 valence electrons. The second-order valence-corrected chi connectivity index (χ2v) is 5.26. The Morgan fingerprint density at radius 1 is 1.30 bits per heavy atom. The summed E-state index contributed by atoms with van der Waals surface area (Å²) in [5.41, 5.74) is 0.478. The number of aliphatic carboxylic acids is 1. The largest absolute Gasteiger partial charge is 0.482 e. The Bertz CT molecular complexity index is 541. The smallest absolute Gasteiger partial charge is 0.341 e. The summed E-state index contributed by atoms with van der Waals surface area (Å²) in [7, 11) is 1.65. The molecule has 0 unspecified atom stereocenters. The Kier molecular flexibility index (Phi) is 6.37. The van der Waals surface area contributed by atoms with Crippen molar-refractivity contribution in [1.29, 1.82) is 0 Å². The van der Waals surface area contributed by atoms with Gasteiger partial charge in [0.25, 0.3) is 5.91 Å². The first kappa shape index (κ1) is 17.2. The summed E-state index contributed by atoms with van der Waals surface area (Å²) in [4.78, 5) is 24.5. The van der Waals surface area contributed by atoms with Gasteiger partial charge in [-0.05, 0) is 24.6 Å². The lowest BCUT2D eigenvalue weighted by atomic mass is 10.1. The molecular weight excluding hydrogens is 302 g/mol. The minimum Gasteiger partial charge on any atom is -0.482 e. The fourth-order valence-electron chi connectivity index (χ4n) is 2.21. The maximum Gasteiger partial charge on any atom is 0.341 e. The molecule has 0 radical (unpaired) electrons. The van der Waals surface area contributed by atoms with Gasteiger partial charge in [-0.15, -0.1) is 0 Å². The summed E-state index contributed by atoms with van der Waals surface area (Å²) in [5, 5.41) is 8.60. The number of benzene rings is 1. The number of methoxy groups -OCH3 is 1. The quantitative estimate of drug-likeness (QED) is 0.683. The lowest BCUT2D eigenvalue weighted by Gasteiger charge is -2.39. The van der Waals surface area contributed by atoms with Crippen molar-refractivity contribution >= 4 is 11.9 Å². The normalized spacial score (nSPS) is 14.4. The van der Waals surface area contributed by atoms with Gasteiger partial charge in [0.05, 0.1) is 6.10 Å². The zero-order valence-electron chi connectivity index (χ0n) is 13.1. The van der Waals surface area contributed by atoms with Crippen LogP contribution in [0.4, 0.5) is 0 Å². The molecule has 1 aromatic carbocycles. The number of amides is 1. The van der Waals surface area contributed by atoms with E-state index in [0.717, 1.165) is 6.42 Å². The van der Waals surface area contributed by atoms with E-state index < -0.39 is 12.6 Å². The maximum atomic E-state index is 12.3. The van der Waals surface area contributed by atoms with E-state index in [4.69, 9.17) is 19.3 Å². The van der Waals surface area contributed by atoms with Gasteiger partial charge < -0.3 is 24.2 Å². The van der Waals surface area contributed by atoms with Crippen molar-refractivity contribution in [2.45, 2.75) is 12.5 Å². The monoisotopic (exact) mass is 323 g/mol. The first-order chi connectivity index (χ1) is 11.1. The lowest BCUT2D eigenvalue weighted by Crippen LogP contribution is -2.54. The second-order valence-electron chi connectivity index (χ2n) is 5.26. The van der Waals surface area contributed by atoms with Crippen LogP contribution in [0.15, 0.2) is 24.3 Å². The second kappa shape index (κ2) is 8.50. The van der Waals surface area contributed by atoms with Gasteiger partial charge in [-0.1, -0.05) is 6.07 Å². The summed E-state index contributed by atoms with van der Waals surface area (Å²) < 4.78 is 15.6. The van der Waals surface area contributed by atoms with Gasteiger partial charge in [0.1, 0.15) is 5.75 Å². The van der Waals surface area contributed by atoms with Crippen LogP contribution < -0.4 is 4.74 Å². The van der Waals surface area contributed by atoms with Crippen LogP contribution in [0, 0.1) is 0 Å². The first-order valence-corrected chi connectivity index (χ1v) is 7.44. The molecule has 1 aliphatic heterocycles. The molecule has 0 aliphatic carbocycles. The molecule has 1 heterocycles. The highest BCUT2D eigenvalue weighted by atomic mass is 16.5. The van der Waals surface area contributed by atoms with E-state index in [9.17, 15) is 9.59 Å². The molecule has 23 heavy (non-hydrogen) atoms. The van der Waals surface area contributed by atoms with Crippen molar-refractivity contribution in [2.75, 3.05) is 40.0 Å². The van der Waals surface area contributed by atoms with Crippen molar-refractivity contribution < 1.29 is 28.9 Å².